The zero-order chi connectivity index (χ0) is 24.3. The number of hydrogen-bond acceptors (Lipinski definition) is 7. The van der Waals surface area contributed by atoms with Crippen LogP contribution < -0.4 is 9.98 Å². The van der Waals surface area contributed by atoms with Crippen LogP contribution in [0.4, 0.5) is 4.79 Å². The van der Waals surface area contributed by atoms with Crippen molar-refractivity contribution in [3.63, 3.8) is 0 Å². The molecule has 1 amide bonds. The fourth-order valence-electron chi connectivity index (χ4n) is 2.33. The van der Waals surface area contributed by atoms with Crippen molar-refractivity contribution in [2.75, 3.05) is 0 Å². The van der Waals surface area contributed by atoms with E-state index in [0.29, 0.717) is 5.56 Å². The first kappa shape index (κ1) is 26.6. The minimum absolute atomic E-state index is 0.0384. The van der Waals surface area contributed by atoms with E-state index in [9.17, 15) is 19.2 Å². The summed E-state index contributed by atoms with van der Waals surface area (Å²) in [6, 6.07) is 7.28. The Morgan fingerprint density at radius 1 is 1.06 bits per heavy atom. The van der Waals surface area contributed by atoms with Crippen molar-refractivity contribution in [3.05, 3.63) is 35.9 Å². The van der Waals surface area contributed by atoms with Crippen LogP contribution in [0, 0.1) is 5.41 Å². The average Bonchev–Trinajstić information content (AvgIpc) is 2.70. The molecule has 9 nitrogen and oxygen atoms in total. The lowest BCUT2D eigenvalue weighted by Crippen LogP contribution is -2.44. The summed E-state index contributed by atoms with van der Waals surface area (Å²) in [4.78, 5) is 49.0. The number of ketones is 1. The van der Waals surface area contributed by atoms with E-state index in [-0.39, 0.29) is 18.6 Å². The van der Waals surface area contributed by atoms with Gasteiger partial charge < -0.3 is 19.5 Å². The normalized spacial score (nSPS) is 12.7. The van der Waals surface area contributed by atoms with Crippen molar-refractivity contribution in [1.29, 1.82) is 0 Å². The minimum atomic E-state index is -1.33. The molecule has 0 heterocycles. The van der Waals surface area contributed by atoms with E-state index in [1.807, 2.05) is 0 Å². The standard InChI is InChI=1S/C23H30N2O7/c1-15(2)30-19(27)18(13-12-17(26)14-24-6)25-22(29)32-20(16-10-8-7-9-11-16)31-21(28)23(3,4)5/h7-11,14-15,18,20H,6,12-13H2,1-5H3/p+1/t18-,20?/m0/s1. The summed E-state index contributed by atoms with van der Waals surface area (Å²) in [5.74, 6) is -1.66. The predicted molar refractivity (Wildman–Crippen MR) is 119 cm³/mol. The molecule has 0 spiro atoms. The van der Waals surface area contributed by atoms with E-state index in [4.69, 9.17) is 14.2 Å². The Morgan fingerprint density at radius 3 is 2.22 bits per heavy atom. The molecule has 2 atom stereocenters. The van der Waals surface area contributed by atoms with Crippen molar-refractivity contribution < 1.29 is 33.4 Å². The highest BCUT2D eigenvalue weighted by molar-refractivity contribution is 6.27. The van der Waals surface area contributed by atoms with Gasteiger partial charge in [-0.3, -0.25) is 9.59 Å². The number of carbonyl (C=O) groups excluding carboxylic acids is 4. The van der Waals surface area contributed by atoms with Gasteiger partial charge in [0.15, 0.2) is 0 Å². The molecule has 1 unspecified atom stereocenters. The maximum atomic E-state index is 12.6. The first-order valence-corrected chi connectivity index (χ1v) is 10.2. The molecule has 9 heteroatoms. The van der Waals surface area contributed by atoms with Crippen LogP contribution in [-0.2, 0) is 28.6 Å². The van der Waals surface area contributed by atoms with Gasteiger partial charge in [-0.15, -0.1) is 4.67 Å². The number of alkyl carbamates (subject to hydrolysis) is 1. The van der Waals surface area contributed by atoms with E-state index in [0.717, 1.165) is 6.21 Å². The Kier molecular flexibility index (Phi) is 10.3. The van der Waals surface area contributed by atoms with Gasteiger partial charge in [0.25, 0.3) is 13.0 Å². The Hall–Kier alpha value is -3.45. The van der Waals surface area contributed by atoms with Gasteiger partial charge in [0.1, 0.15) is 6.04 Å². The largest absolute Gasteiger partial charge is 0.461 e. The summed E-state index contributed by atoms with van der Waals surface area (Å²) < 4.78 is 19.3. The zero-order valence-electron chi connectivity index (χ0n) is 19.1. The van der Waals surface area contributed by atoms with E-state index in [2.05, 4.69) is 16.7 Å². The molecule has 1 aromatic carbocycles. The number of amides is 1. The number of nitrogens with zero attached hydrogens (tertiary/aromatic N) is 1. The highest BCUT2D eigenvalue weighted by Gasteiger charge is 2.31. The summed E-state index contributed by atoms with van der Waals surface area (Å²) in [6.07, 6.45) is -1.85. The van der Waals surface area contributed by atoms with E-state index in [1.165, 1.54) is 0 Å². The quantitative estimate of drug-likeness (QED) is 0.253. The molecule has 1 aromatic rings. The topological polar surface area (TPSA) is 122 Å². The number of nitrogens with one attached hydrogen (secondary N) is 1. The van der Waals surface area contributed by atoms with Gasteiger partial charge in [-0.05, 0) is 41.0 Å². The summed E-state index contributed by atoms with van der Waals surface area (Å²) in [7, 11) is 0. The molecule has 0 fully saturated rings. The number of esters is 2. The SMILES string of the molecule is C=[N+]=CC(=O)CC[C@H](NC(=O)OC(OC(=O)C(C)(C)C)c1ccccc1)C(=O)OC(C)C. The number of carbonyl (C=O) groups is 4. The van der Waals surface area contributed by atoms with Crippen LogP contribution in [0.3, 0.4) is 0 Å². The van der Waals surface area contributed by atoms with Crippen molar-refractivity contribution in [1.82, 2.24) is 9.98 Å². The molecule has 0 aromatic heterocycles. The molecule has 32 heavy (non-hydrogen) atoms. The molecule has 1 N–H and O–H groups in total. The monoisotopic (exact) mass is 447 g/mol. The first-order valence-electron chi connectivity index (χ1n) is 10.2. The second-order valence-electron chi connectivity index (χ2n) is 8.30. The summed E-state index contributed by atoms with van der Waals surface area (Å²) >= 11 is 0. The van der Waals surface area contributed by atoms with Crippen LogP contribution in [0.1, 0.15) is 59.3 Å². The number of benzene rings is 1. The molecule has 0 aliphatic carbocycles. The van der Waals surface area contributed by atoms with Crippen LogP contribution in [0.15, 0.2) is 30.3 Å². The van der Waals surface area contributed by atoms with Crippen molar-refractivity contribution in [2.45, 2.75) is 65.9 Å². The van der Waals surface area contributed by atoms with E-state index in [1.54, 1.807) is 65.0 Å². The fourth-order valence-corrected chi connectivity index (χ4v) is 2.33. The van der Waals surface area contributed by atoms with Crippen LogP contribution in [-0.4, -0.2) is 48.9 Å². The highest BCUT2D eigenvalue weighted by Crippen LogP contribution is 2.25. The van der Waals surface area contributed by atoms with Crippen molar-refractivity contribution >= 4 is 36.7 Å². The first-order chi connectivity index (χ1) is 14.9. The predicted octanol–water partition coefficient (Wildman–Crippen LogP) is 2.51. The van der Waals surface area contributed by atoms with Crippen LogP contribution in [0.25, 0.3) is 0 Å². The van der Waals surface area contributed by atoms with Gasteiger partial charge in [-0.2, -0.15) is 0 Å². The maximum Gasteiger partial charge on any atom is 0.411 e. The molecular weight excluding hydrogens is 416 g/mol. The lowest BCUT2D eigenvalue weighted by molar-refractivity contribution is -0.179. The van der Waals surface area contributed by atoms with E-state index >= 15 is 0 Å². The van der Waals surface area contributed by atoms with Crippen LogP contribution in [0.5, 0.6) is 0 Å². The van der Waals surface area contributed by atoms with Crippen LogP contribution in [0.2, 0.25) is 0 Å². The number of ether oxygens (including phenoxy) is 3. The minimum Gasteiger partial charge on any atom is -0.461 e. The number of rotatable bonds is 10. The summed E-state index contributed by atoms with van der Waals surface area (Å²) in [5, 5.41) is 2.39. The van der Waals surface area contributed by atoms with E-state index < -0.39 is 41.9 Å². The zero-order valence-corrected chi connectivity index (χ0v) is 19.1. The van der Waals surface area contributed by atoms with Gasteiger partial charge in [-0.1, -0.05) is 30.3 Å². The second kappa shape index (κ2) is 12.4. The molecular formula is C23H31N2O7+. The molecule has 0 aliphatic heterocycles. The molecule has 0 saturated carbocycles. The van der Waals surface area contributed by atoms with Crippen molar-refractivity contribution in [3.8, 4) is 0 Å². The fraction of sp³-hybridized carbons (Fsp3) is 0.478. The van der Waals surface area contributed by atoms with Gasteiger partial charge in [-0.25, -0.2) is 9.59 Å². The van der Waals surface area contributed by atoms with Gasteiger partial charge in [0.2, 0.25) is 5.78 Å². The van der Waals surface area contributed by atoms with Gasteiger partial charge in [0, 0.05) is 12.0 Å². The highest BCUT2D eigenvalue weighted by atomic mass is 16.7. The summed E-state index contributed by atoms with van der Waals surface area (Å²) in [6.45, 7) is 11.5. The Balaban J connectivity index is 2.98. The Morgan fingerprint density at radius 2 is 1.69 bits per heavy atom. The molecule has 0 radical (unpaired) electrons. The molecule has 174 valence electrons. The van der Waals surface area contributed by atoms with Gasteiger partial charge in [0.05, 0.1) is 11.5 Å². The van der Waals surface area contributed by atoms with Crippen molar-refractivity contribution in [2.24, 2.45) is 5.41 Å². The number of hydrogen-bond donors (Lipinski definition) is 1. The maximum absolute atomic E-state index is 12.6. The van der Waals surface area contributed by atoms with Crippen LogP contribution >= 0.6 is 0 Å². The summed E-state index contributed by atoms with van der Waals surface area (Å²) in [5.41, 5.74) is -0.393. The smallest absolute Gasteiger partial charge is 0.411 e. The average molecular weight is 448 g/mol. The number of Topliss-reactive ketones (excluding diaryl/α,β-unsaturated/α-hetero) is 1. The Labute approximate surface area is 187 Å². The molecule has 0 saturated heterocycles. The Bertz CT molecular complexity index is 853. The second-order valence-corrected chi connectivity index (χ2v) is 8.30. The lowest BCUT2D eigenvalue weighted by atomic mass is 9.97. The molecule has 0 bridgehead atoms. The molecule has 0 aliphatic rings. The lowest BCUT2D eigenvalue weighted by Gasteiger charge is -2.24. The third kappa shape index (κ3) is 9.57. The van der Waals surface area contributed by atoms with Gasteiger partial charge >= 0.3 is 24.2 Å². The molecule has 1 rings (SSSR count). The third-order valence-corrected chi connectivity index (χ3v) is 3.96. The third-order valence-electron chi connectivity index (χ3n) is 3.96.